The van der Waals surface area contributed by atoms with Crippen molar-refractivity contribution >= 4 is 23.5 Å². The van der Waals surface area contributed by atoms with Crippen LogP contribution in [0.2, 0.25) is 0 Å². The first-order chi connectivity index (χ1) is 9.04. The monoisotopic (exact) mass is 283 g/mol. The molecule has 0 aliphatic heterocycles. The lowest BCUT2D eigenvalue weighted by Crippen LogP contribution is -2.40. The van der Waals surface area contributed by atoms with Crippen LogP contribution < -0.4 is 5.32 Å². The van der Waals surface area contributed by atoms with Crippen molar-refractivity contribution in [2.45, 2.75) is 32.2 Å². The number of carbonyl (C=O) groups excluding carboxylic acids is 1. The number of hydrogen-bond donors (Lipinski definition) is 2. The highest BCUT2D eigenvalue weighted by Crippen LogP contribution is 2.06. The average molecular weight is 284 g/mol. The van der Waals surface area contributed by atoms with E-state index in [-0.39, 0.29) is 5.91 Å². The van der Waals surface area contributed by atoms with Gasteiger partial charge in [-0.1, -0.05) is 17.7 Å². The number of carboxylic acid groups (broad SMARTS) is 1. The lowest BCUT2D eigenvalue weighted by molar-refractivity contribution is -0.139. The van der Waals surface area contributed by atoms with Crippen LogP contribution in [0.15, 0.2) is 24.3 Å². The molecule has 0 spiro atoms. The van der Waals surface area contributed by atoms with Gasteiger partial charge in [0.25, 0.3) is 5.91 Å². The predicted molar refractivity (Wildman–Crippen MR) is 74.6 cm³/mol. The van der Waals surface area contributed by atoms with Gasteiger partial charge in [0.1, 0.15) is 6.04 Å². The molecule has 5 heteroatoms. The Kier molecular flexibility index (Phi) is 6.36. The number of carbonyl (C=O) groups is 2. The highest BCUT2D eigenvalue weighted by atomic mass is 35.5. The van der Waals surface area contributed by atoms with Crippen LogP contribution in [0.25, 0.3) is 0 Å². The highest BCUT2D eigenvalue weighted by molar-refractivity contribution is 6.17. The van der Waals surface area contributed by atoms with Crippen LogP contribution in [0.3, 0.4) is 0 Å². The molecule has 0 heterocycles. The third-order valence-corrected chi connectivity index (χ3v) is 3.06. The van der Waals surface area contributed by atoms with Gasteiger partial charge in [-0.05, 0) is 38.3 Å². The van der Waals surface area contributed by atoms with E-state index in [0.29, 0.717) is 24.3 Å². The normalized spacial score (nSPS) is 11.9. The van der Waals surface area contributed by atoms with E-state index in [1.54, 1.807) is 12.1 Å². The van der Waals surface area contributed by atoms with Crippen molar-refractivity contribution < 1.29 is 14.7 Å². The lowest BCUT2D eigenvalue weighted by Gasteiger charge is -2.14. The molecule has 0 aromatic heterocycles. The molecule has 0 aliphatic rings. The predicted octanol–water partition coefficient (Wildman–Crippen LogP) is 2.59. The average Bonchev–Trinajstić information content (AvgIpc) is 2.38. The molecule has 1 unspecified atom stereocenters. The Morgan fingerprint density at radius 2 is 1.89 bits per heavy atom. The minimum atomic E-state index is -1.02. The highest BCUT2D eigenvalue weighted by Gasteiger charge is 2.19. The summed E-state index contributed by atoms with van der Waals surface area (Å²) in [6.07, 6.45) is 1.81. The van der Waals surface area contributed by atoms with Gasteiger partial charge in [-0.15, -0.1) is 11.6 Å². The van der Waals surface area contributed by atoms with Crippen molar-refractivity contribution in [2.75, 3.05) is 5.88 Å². The molecule has 0 saturated heterocycles. The van der Waals surface area contributed by atoms with Crippen LogP contribution in [0.1, 0.15) is 35.2 Å². The standard InChI is InChI=1S/C14H18ClNO3/c1-10-5-7-11(8-6-10)13(17)16-12(14(18)19)4-2-3-9-15/h5-8,12H,2-4,9H2,1H3,(H,16,17)(H,18,19). The van der Waals surface area contributed by atoms with Crippen molar-refractivity contribution in [3.05, 3.63) is 35.4 Å². The van der Waals surface area contributed by atoms with Crippen LogP contribution in [-0.4, -0.2) is 28.9 Å². The van der Waals surface area contributed by atoms with Gasteiger partial charge in [0.2, 0.25) is 0 Å². The maximum Gasteiger partial charge on any atom is 0.326 e. The summed E-state index contributed by atoms with van der Waals surface area (Å²) in [5.41, 5.74) is 1.52. The second-order valence-electron chi connectivity index (χ2n) is 4.42. The molecule has 19 heavy (non-hydrogen) atoms. The summed E-state index contributed by atoms with van der Waals surface area (Å²) in [6, 6.07) is 6.14. The smallest absolute Gasteiger partial charge is 0.326 e. The summed E-state index contributed by atoms with van der Waals surface area (Å²) in [7, 11) is 0. The van der Waals surface area contributed by atoms with Crippen molar-refractivity contribution in [2.24, 2.45) is 0 Å². The third kappa shape index (κ3) is 5.30. The van der Waals surface area contributed by atoms with E-state index in [2.05, 4.69) is 5.32 Å². The zero-order valence-corrected chi connectivity index (χ0v) is 11.6. The molecule has 0 saturated carbocycles. The molecular formula is C14H18ClNO3. The van der Waals surface area contributed by atoms with Gasteiger partial charge in [-0.3, -0.25) is 4.79 Å². The fourth-order valence-corrected chi connectivity index (χ4v) is 1.84. The molecule has 1 aromatic carbocycles. The second-order valence-corrected chi connectivity index (χ2v) is 4.79. The van der Waals surface area contributed by atoms with Gasteiger partial charge in [0, 0.05) is 11.4 Å². The maximum atomic E-state index is 11.9. The first kappa shape index (κ1) is 15.5. The Labute approximate surface area is 117 Å². The first-order valence-electron chi connectivity index (χ1n) is 6.21. The fraction of sp³-hybridized carbons (Fsp3) is 0.429. The molecular weight excluding hydrogens is 266 g/mol. The third-order valence-electron chi connectivity index (χ3n) is 2.79. The molecule has 2 N–H and O–H groups in total. The summed E-state index contributed by atoms with van der Waals surface area (Å²) < 4.78 is 0. The number of benzene rings is 1. The molecule has 0 fully saturated rings. The quantitative estimate of drug-likeness (QED) is 0.597. The van der Waals surface area contributed by atoms with E-state index in [4.69, 9.17) is 16.7 Å². The number of unbranched alkanes of at least 4 members (excludes halogenated alkanes) is 1. The van der Waals surface area contributed by atoms with Gasteiger partial charge >= 0.3 is 5.97 Å². The fourth-order valence-electron chi connectivity index (χ4n) is 1.65. The molecule has 1 atom stereocenters. The van der Waals surface area contributed by atoms with E-state index in [0.717, 1.165) is 12.0 Å². The summed E-state index contributed by atoms with van der Waals surface area (Å²) in [6.45, 7) is 1.92. The van der Waals surface area contributed by atoms with E-state index >= 15 is 0 Å². The number of rotatable bonds is 7. The topological polar surface area (TPSA) is 66.4 Å². The van der Waals surface area contributed by atoms with E-state index in [9.17, 15) is 9.59 Å². The Morgan fingerprint density at radius 3 is 2.42 bits per heavy atom. The number of carboxylic acids is 1. The number of nitrogens with one attached hydrogen (secondary N) is 1. The second kappa shape index (κ2) is 7.79. The maximum absolute atomic E-state index is 11.9. The molecule has 4 nitrogen and oxygen atoms in total. The Bertz CT molecular complexity index is 431. The lowest BCUT2D eigenvalue weighted by atomic mass is 10.1. The number of aryl methyl sites for hydroxylation is 1. The Balaban J connectivity index is 2.60. The SMILES string of the molecule is Cc1ccc(C(=O)NC(CCCCCl)C(=O)O)cc1. The van der Waals surface area contributed by atoms with Crippen molar-refractivity contribution in [3.63, 3.8) is 0 Å². The van der Waals surface area contributed by atoms with E-state index in [1.807, 2.05) is 19.1 Å². The van der Waals surface area contributed by atoms with Gasteiger partial charge in [-0.2, -0.15) is 0 Å². The molecule has 0 radical (unpaired) electrons. The Hall–Kier alpha value is -1.55. The van der Waals surface area contributed by atoms with Crippen LogP contribution in [0.5, 0.6) is 0 Å². The number of alkyl halides is 1. The zero-order valence-electron chi connectivity index (χ0n) is 10.9. The van der Waals surface area contributed by atoms with E-state index in [1.165, 1.54) is 0 Å². The molecule has 1 rings (SSSR count). The van der Waals surface area contributed by atoms with Gasteiger partial charge in [0.15, 0.2) is 0 Å². The number of halogens is 1. The van der Waals surface area contributed by atoms with Gasteiger partial charge < -0.3 is 10.4 Å². The van der Waals surface area contributed by atoms with Crippen LogP contribution in [-0.2, 0) is 4.79 Å². The number of aliphatic carboxylic acids is 1. The molecule has 104 valence electrons. The molecule has 1 amide bonds. The molecule has 0 aliphatic carbocycles. The van der Waals surface area contributed by atoms with Crippen LogP contribution in [0, 0.1) is 6.92 Å². The first-order valence-corrected chi connectivity index (χ1v) is 6.74. The van der Waals surface area contributed by atoms with Crippen LogP contribution >= 0.6 is 11.6 Å². The van der Waals surface area contributed by atoms with Crippen molar-refractivity contribution in [1.82, 2.24) is 5.32 Å². The number of amides is 1. The van der Waals surface area contributed by atoms with Crippen LogP contribution in [0.4, 0.5) is 0 Å². The Morgan fingerprint density at radius 1 is 1.26 bits per heavy atom. The zero-order chi connectivity index (χ0) is 14.3. The van der Waals surface area contributed by atoms with Gasteiger partial charge in [-0.25, -0.2) is 4.79 Å². The van der Waals surface area contributed by atoms with Crippen molar-refractivity contribution in [3.8, 4) is 0 Å². The summed E-state index contributed by atoms with van der Waals surface area (Å²) in [5.74, 6) is -0.883. The summed E-state index contributed by atoms with van der Waals surface area (Å²) in [5, 5.41) is 11.6. The van der Waals surface area contributed by atoms with Crippen molar-refractivity contribution in [1.29, 1.82) is 0 Å². The summed E-state index contributed by atoms with van der Waals surface area (Å²) >= 11 is 5.55. The molecule has 0 bridgehead atoms. The van der Waals surface area contributed by atoms with E-state index < -0.39 is 12.0 Å². The number of hydrogen-bond acceptors (Lipinski definition) is 2. The minimum absolute atomic E-state index is 0.363. The largest absolute Gasteiger partial charge is 0.480 e. The van der Waals surface area contributed by atoms with Gasteiger partial charge in [0.05, 0.1) is 0 Å². The molecule has 1 aromatic rings. The minimum Gasteiger partial charge on any atom is -0.480 e. The summed E-state index contributed by atoms with van der Waals surface area (Å²) in [4.78, 5) is 23.0.